The van der Waals surface area contributed by atoms with E-state index >= 15 is 0 Å². The highest BCUT2D eigenvalue weighted by Gasteiger charge is 2.12. The first-order valence-electron chi connectivity index (χ1n) is 8.41. The number of aromatic nitrogens is 2. The Hall–Kier alpha value is -3.11. The summed E-state index contributed by atoms with van der Waals surface area (Å²) in [6.45, 7) is 1.94. The fourth-order valence-electron chi connectivity index (χ4n) is 2.23. The first-order valence-corrected chi connectivity index (χ1v) is 10.0. The number of hydrogen-bond donors (Lipinski definition) is 3. The summed E-state index contributed by atoms with van der Waals surface area (Å²) in [5.41, 5.74) is 4.39. The molecule has 2 amide bonds. The molecule has 0 fully saturated rings. The van der Waals surface area contributed by atoms with Crippen molar-refractivity contribution in [2.75, 3.05) is 5.32 Å². The maximum absolute atomic E-state index is 12.2. The molecule has 148 valence electrons. The SMILES string of the molecule is Cc1ccc(C(=O)Nc2nnc(CC(=O)N/N=C/c3cc(Br)ccc3O)s2)cc1. The van der Waals surface area contributed by atoms with Crippen LogP contribution >= 0.6 is 27.3 Å². The molecule has 0 saturated heterocycles. The minimum Gasteiger partial charge on any atom is -0.507 e. The average molecular weight is 474 g/mol. The molecule has 0 atom stereocenters. The van der Waals surface area contributed by atoms with Gasteiger partial charge in [-0.25, -0.2) is 5.43 Å². The van der Waals surface area contributed by atoms with E-state index < -0.39 is 5.91 Å². The van der Waals surface area contributed by atoms with E-state index in [0.717, 1.165) is 21.4 Å². The number of nitrogens with zero attached hydrogens (tertiary/aromatic N) is 3. The number of amides is 2. The van der Waals surface area contributed by atoms with E-state index in [4.69, 9.17) is 0 Å². The fraction of sp³-hybridized carbons (Fsp3) is 0.105. The van der Waals surface area contributed by atoms with Crippen molar-refractivity contribution in [3.8, 4) is 5.75 Å². The van der Waals surface area contributed by atoms with Gasteiger partial charge in [0.05, 0.1) is 12.6 Å². The predicted octanol–water partition coefficient (Wildman–Crippen LogP) is 3.26. The van der Waals surface area contributed by atoms with E-state index in [1.165, 1.54) is 12.3 Å². The number of carbonyl (C=O) groups is 2. The normalized spacial score (nSPS) is 10.8. The van der Waals surface area contributed by atoms with Crippen LogP contribution in [0.1, 0.15) is 26.5 Å². The maximum atomic E-state index is 12.2. The smallest absolute Gasteiger partial charge is 0.257 e. The van der Waals surface area contributed by atoms with Gasteiger partial charge < -0.3 is 5.11 Å². The minimum atomic E-state index is -0.400. The standard InChI is InChI=1S/C19H16BrN5O3S/c1-11-2-4-12(5-3-11)18(28)22-19-25-24-17(29-19)9-16(27)23-21-10-13-8-14(20)6-7-15(13)26/h2-8,10,26H,9H2,1H3,(H,23,27)(H,22,25,28)/b21-10+. The lowest BCUT2D eigenvalue weighted by Gasteiger charge is -2.01. The molecule has 29 heavy (non-hydrogen) atoms. The second-order valence-corrected chi connectivity index (χ2v) is 7.97. The Morgan fingerprint density at radius 1 is 1.21 bits per heavy atom. The summed E-state index contributed by atoms with van der Waals surface area (Å²) in [6.07, 6.45) is 1.30. The lowest BCUT2D eigenvalue weighted by atomic mass is 10.1. The molecule has 0 bridgehead atoms. The quantitative estimate of drug-likeness (QED) is 0.375. The lowest BCUT2D eigenvalue weighted by molar-refractivity contribution is -0.120. The summed E-state index contributed by atoms with van der Waals surface area (Å²) < 4.78 is 0.775. The third-order valence-electron chi connectivity index (χ3n) is 3.70. The largest absolute Gasteiger partial charge is 0.507 e. The molecule has 3 rings (SSSR count). The molecule has 0 aliphatic carbocycles. The van der Waals surface area contributed by atoms with E-state index in [1.807, 2.05) is 19.1 Å². The first kappa shape index (κ1) is 20.6. The van der Waals surface area contributed by atoms with Crippen molar-refractivity contribution in [2.24, 2.45) is 5.10 Å². The van der Waals surface area contributed by atoms with Crippen LogP contribution in [-0.4, -0.2) is 33.3 Å². The van der Waals surface area contributed by atoms with Gasteiger partial charge in [0, 0.05) is 15.6 Å². The molecule has 10 heteroatoms. The lowest BCUT2D eigenvalue weighted by Crippen LogP contribution is -2.19. The highest BCUT2D eigenvalue weighted by atomic mass is 79.9. The first-order chi connectivity index (χ1) is 13.9. The minimum absolute atomic E-state index is 0.0418. The molecule has 0 unspecified atom stereocenters. The van der Waals surface area contributed by atoms with Crippen LogP contribution in [0.5, 0.6) is 5.75 Å². The zero-order valence-corrected chi connectivity index (χ0v) is 17.6. The molecule has 0 aliphatic heterocycles. The number of hydrazone groups is 1. The molecule has 3 aromatic rings. The van der Waals surface area contributed by atoms with Crippen molar-refractivity contribution in [3.05, 3.63) is 68.6 Å². The number of carbonyl (C=O) groups excluding carboxylic acids is 2. The van der Waals surface area contributed by atoms with Crippen LogP contribution in [0, 0.1) is 6.92 Å². The van der Waals surface area contributed by atoms with Crippen LogP contribution in [0.15, 0.2) is 52.0 Å². The Morgan fingerprint density at radius 3 is 2.72 bits per heavy atom. The van der Waals surface area contributed by atoms with E-state index in [9.17, 15) is 14.7 Å². The fourth-order valence-corrected chi connectivity index (χ4v) is 3.34. The molecule has 1 aromatic heterocycles. The number of anilines is 1. The highest BCUT2D eigenvalue weighted by Crippen LogP contribution is 2.20. The highest BCUT2D eigenvalue weighted by molar-refractivity contribution is 9.10. The number of halogens is 1. The van der Waals surface area contributed by atoms with Gasteiger partial charge in [0.2, 0.25) is 11.0 Å². The summed E-state index contributed by atoms with van der Waals surface area (Å²) in [7, 11) is 0. The van der Waals surface area contributed by atoms with Crippen molar-refractivity contribution in [1.29, 1.82) is 0 Å². The number of benzene rings is 2. The molecular weight excluding hydrogens is 458 g/mol. The second kappa shape index (κ2) is 9.39. The monoisotopic (exact) mass is 473 g/mol. The second-order valence-electron chi connectivity index (χ2n) is 5.99. The van der Waals surface area contributed by atoms with Crippen LogP contribution in [0.4, 0.5) is 5.13 Å². The molecule has 0 saturated carbocycles. The number of aromatic hydroxyl groups is 1. The predicted molar refractivity (Wildman–Crippen MR) is 114 cm³/mol. The average Bonchev–Trinajstić information content (AvgIpc) is 3.11. The van der Waals surface area contributed by atoms with E-state index in [0.29, 0.717) is 21.3 Å². The van der Waals surface area contributed by atoms with Crippen LogP contribution in [0.3, 0.4) is 0 Å². The van der Waals surface area contributed by atoms with Gasteiger partial charge in [-0.15, -0.1) is 10.2 Å². The number of phenols is 1. The molecule has 0 spiro atoms. The third kappa shape index (κ3) is 5.93. The summed E-state index contributed by atoms with van der Waals surface area (Å²) >= 11 is 4.40. The van der Waals surface area contributed by atoms with Crippen LogP contribution in [0.25, 0.3) is 0 Å². The van der Waals surface area contributed by atoms with Crippen LogP contribution in [0.2, 0.25) is 0 Å². The van der Waals surface area contributed by atoms with Crippen molar-refractivity contribution >= 4 is 50.4 Å². The number of nitrogens with one attached hydrogen (secondary N) is 2. The van der Waals surface area contributed by atoms with Crippen molar-refractivity contribution in [1.82, 2.24) is 15.6 Å². The summed E-state index contributed by atoms with van der Waals surface area (Å²) in [5.74, 6) is -0.650. The van der Waals surface area contributed by atoms with Gasteiger partial charge in [-0.1, -0.05) is 45.0 Å². The third-order valence-corrected chi connectivity index (χ3v) is 5.03. The summed E-state index contributed by atoms with van der Waals surface area (Å²) in [6, 6.07) is 12.0. The van der Waals surface area contributed by atoms with Gasteiger partial charge in [-0.3, -0.25) is 14.9 Å². The number of aryl methyl sites for hydroxylation is 1. The van der Waals surface area contributed by atoms with Gasteiger partial charge in [0.1, 0.15) is 10.8 Å². The Labute approximate surface area is 178 Å². The van der Waals surface area contributed by atoms with Crippen LogP contribution < -0.4 is 10.7 Å². The zero-order chi connectivity index (χ0) is 20.8. The van der Waals surface area contributed by atoms with Crippen LogP contribution in [-0.2, 0) is 11.2 Å². The van der Waals surface area contributed by atoms with Crippen molar-refractivity contribution < 1.29 is 14.7 Å². The Balaban J connectivity index is 1.53. The van der Waals surface area contributed by atoms with Gasteiger partial charge in [-0.2, -0.15) is 5.10 Å². The Kier molecular flexibility index (Phi) is 6.68. The molecule has 3 N–H and O–H groups in total. The van der Waals surface area contributed by atoms with Crippen molar-refractivity contribution in [3.63, 3.8) is 0 Å². The number of rotatable bonds is 6. The molecule has 2 aromatic carbocycles. The Bertz CT molecular complexity index is 1070. The molecule has 1 heterocycles. The number of hydrogen-bond acceptors (Lipinski definition) is 7. The van der Waals surface area contributed by atoms with E-state index in [-0.39, 0.29) is 18.1 Å². The van der Waals surface area contributed by atoms with E-state index in [2.05, 4.69) is 42.0 Å². The molecule has 0 aliphatic rings. The topological polar surface area (TPSA) is 117 Å². The van der Waals surface area contributed by atoms with E-state index in [1.54, 1.807) is 24.3 Å². The maximum Gasteiger partial charge on any atom is 0.257 e. The zero-order valence-electron chi connectivity index (χ0n) is 15.2. The van der Waals surface area contributed by atoms with Gasteiger partial charge in [0.15, 0.2) is 0 Å². The van der Waals surface area contributed by atoms with Gasteiger partial charge in [0.25, 0.3) is 5.91 Å². The summed E-state index contributed by atoms with van der Waals surface area (Å²) in [4.78, 5) is 24.2. The number of phenolic OH excluding ortho intramolecular Hbond substituents is 1. The van der Waals surface area contributed by atoms with Crippen molar-refractivity contribution in [2.45, 2.75) is 13.3 Å². The Morgan fingerprint density at radius 2 is 1.97 bits per heavy atom. The summed E-state index contributed by atoms with van der Waals surface area (Å²) in [5, 5.41) is 24.7. The van der Waals surface area contributed by atoms with Gasteiger partial charge >= 0.3 is 0 Å². The van der Waals surface area contributed by atoms with Gasteiger partial charge in [-0.05, 0) is 37.3 Å². The molecule has 0 radical (unpaired) electrons. The molecule has 8 nitrogen and oxygen atoms in total. The molecular formula is C19H16BrN5O3S.